The third-order valence-electron chi connectivity index (χ3n) is 3.44. The molecule has 0 aliphatic carbocycles. The number of benzene rings is 1. The maximum absolute atomic E-state index is 12.1. The second kappa shape index (κ2) is 5.88. The molecule has 0 saturated heterocycles. The first-order chi connectivity index (χ1) is 9.58. The summed E-state index contributed by atoms with van der Waals surface area (Å²) < 4.78 is 1.73. The third-order valence-corrected chi connectivity index (χ3v) is 3.44. The van der Waals surface area contributed by atoms with Crippen molar-refractivity contribution >= 4 is 5.91 Å². The van der Waals surface area contributed by atoms with Crippen LogP contribution in [0.1, 0.15) is 30.6 Å². The average molecular weight is 273 g/mol. The number of aliphatic hydroxyl groups excluding tert-OH is 1. The van der Waals surface area contributed by atoms with E-state index in [4.69, 9.17) is 0 Å². The van der Waals surface area contributed by atoms with Gasteiger partial charge in [-0.1, -0.05) is 6.92 Å². The van der Waals surface area contributed by atoms with E-state index < -0.39 is 5.54 Å². The van der Waals surface area contributed by atoms with Gasteiger partial charge in [-0.2, -0.15) is 5.10 Å². The number of aromatic nitrogens is 2. The minimum Gasteiger partial charge on any atom is -0.394 e. The van der Waals surface area contributed by atoms with E-state index in [2.05, 4.69) is 10.4 Å². The zero-order valence-electron chi connectivity index (χ0n) is 11.7. The van der Waals surface area contributed by atoms with Crippen LogP contribution in [-0.4, -0.2) is 32.9 Å². The second-order valence-electron chi connectivity index (χ2n) is 5.02. The van der Waals surface area contributed by atoms with Crippen molar-refractivity contribution in [2.45, 2.75) is 25.8 Å². The van der Waals surface area contributed by atoms with Gasteiger partial charge in [0.05, 0.1) is 17.8 Å². The van der Waals surface area contributed by atoms with Crippen molar-refractivity contribution in [3.63, 3.8) is 0 Å². The van der Waals surface area contributed by atoms with Gasteiger partial charge >= 0.3 is 0 Å². The molecule has 1 unspecified atom stereocenters. The van der Waals surface area contributed by atoms with Gasteiger partial charge in [0.1, 0.15) is 0 Å². The molecular formula is C15H19N3O2. The predicted molar refractivity (Wildman–Crippen MR) is 76.8 cm³/mol. The van der Waals surface area contributed by atoms with Gasteiger partial charge in [0, 0.05) is 18.0 Å². The van der Waals surface area contributed by atoms with E-state index in [1.54, 1.807) is 23.0 Å². The lowest BCUT2D eigenvalue weighted by molar-refractivity contribution is 0.0847. The number of aliphatic hydroxyl groups is 1. The summed E-state index contributed by atoms with van der Waals surface area (Å²) in [5.41, 5.74) is 0.874. The summed E-state index contributed by atoms with van der Waals surface area (Å²) in [7, 11) is 0. The largest absolute Gasteiger partial charge is 0.394 e. The molecule has 1 heterocycles. The molecule has 5 heteroatoms. The second-order valence-corrected chi connectivity index (χ2v) is 5.02. The first-order valence-electron chi connectivity index (χ1n) is 6.61. The van der Waals surface area contributed by atoms with E-state index in [-0.39, 0.29) is 12.5 Å². The molecule has 0 radical (unpaired) electrons. The smallest absolute Gasteiger partial charge is 0.251 e. The third kappa shape index (κ3) is 3.05. The Hall–Kier alpha value is -2.14. The van der Waals surface area contributed by atoms with Crippen molar-refractivity contribution in [3.05, 3.63) is 48.3 Å². The van der Waals surface area contributed by atoms with Crippen LogP contribution in [-0.2, 0) is 0 Å². The summed E-state index contributed by atoms with van der Waals surface area (Å²) in [6.45, 7) is 3.67. The number of carbonyl (C=O) groups excluding carboxylic acids is 1. The van der Waals surface area contributed by atoms with Crippen molar-refractivity contribution in [1.82, 2.24) is 15.1 Å². The molecule has 2 aromatic rings. The van der Waals surface area contributed by atoms with Gasteiger partial charge in [-0.15, -0.1) is 0 Å². The van der Waals surface area contributed by atoms with Crippen LogP contribution in [0.15, 0.2) is 42.7 Å². The monoisotopic (exact) mass is 273 g/mol. The molecule has 20 heavy (non-hydrogen) atoms. The highest BCUT2D eigenvalue weighted by Gasteiger charge is 2.23. The minimum atomic E-state index is -0.586. The fourth-order valence-electron chi connectivity index (χ4n) is 1.77. The molecule has 1 atom stereocenters. The van der Waals surface area contributed by atoms with Gasteiger partial charge < -0.3 is 10.4 Å². The number of rotatable bonds is 5. The molecule has 2 N–H and O–H groups in total. The molecule has 0 aliphatic rings. The van der Waals surface area contributed by atoms with E-state index >= 15 is 0 Å². The highest BCUT2D eigenvalue weighted by atomic mass is 16.3. The highest BCUT2D eigenvalue weighted by Crippen LogP contribution is 2.12. The van der Waals surface area contributed by atoms with Crippen LogP contribution in [0.25, 0.3) is 5.69 Å². The lowest BCUT2D eigenvalue weighted by atomic mass is 9.99. The Morgan fingerprint density at radius 2 is 2.10 bits per heavy atom. The molecule has 0 saturated carbocycles. The Bertz CT molecular complexity index is 557. The zero-order chi connectivity index (χ0) is 14.6. The van der Waals surface area contributed by atoms with Crippen molar-refractivity contribution in [1.29, 1.82) is 0 Å². The van der Waals surface area contributed by atoms with Gasteiger partial charge in [0.15, 0.2) is 0 Å². The lowest BCUT2D eigenvalue weighted by Crippen LogP contribution is -2.48. The van der Waals surface area contributed by atoms with Gasteiger partial charge in [-0.3, -0.25) is 4.79 Å². The Kier molecular flexibility index (Phi) is 4.20. The van der Waals surface area contributed by atoms with Crippen LogP contribution in [0.4, 0.5) is 0 Å². The van der Waals surface area contributed by atoms with Crippen molar-refractivity contribution in [2.24, 2.45) is 0 Å². The molecular weight excluding hydrogens is 254 g/mol. The SMILES string of the molecule is CCC(C)(CO)NC(=O)c1ccc(-n2cccn2)cc1. The molecule has 1 aromatic heterocycles. The van der Waals surface area contributed by atoms with Crippen LogP contribution >= 0.6 is 0 Å². The van der Waals surface area contributed by atoms with Crippen LogP contribution < -0.4 is 5.32 Å². The molecule has 0 bridgehead atoms. The zero-order valence-corrected chi connectivity index (χ0v) is 11.7. The molecule has 0 spiro atoms. The van der Waals surface area contributed by atoms with E-state index in [0.717, 1.165) is 5.69 Å². The molecule has 0 fully saturated rings. The van der Waals surface area contributed by atoms with Crippen LogP contribution in [0.2, 0.25) is 0 Å². The van der Waals surface area contributed by atoms with E-state index in [1.165, 1.54) is 0 Å². The standard InChI is InChI=1S/C15H19N3O2/c1-3-15(2,11-19)17-14(20)12-5-7-13(8-6-12)18-10-4-9-16-18/h4-10,19H,3,11H2,1-2H3,(H,17,20). The minimum absolute atomic E-state index is 0.0827. The Balaban J connectivity index is 2.12. The van der Waals surface area contributed by atoms with Crippen molar-refractivity contribution in [3.8, 4) is 5.69 Å². The van der Waals surface area contributed by atoms with Gasteiger partial charge in [-0.05, 0) is 43.7 Å². The molecule has 2 rings (SSSR count). The average Bonchev–Trinajstić information content (AvgIpc) is 3.01. The molecule has 5 nitrogen and oxygen atoms in total. The van der Waals surface area contributed by atoms with Crippen LogP contribution in [0.3, 0.4) is 0 Å². The summed E-state index contributed by atoms with van der Waals surface area (Å²) in [5.74, 6) is -0.185. The fourth-order valence-corrected chi connectivity index (χ4v) is 1.77. The number of nitrogens with one attached hydrogen (secondary N) is 1. The number of carbonyl (C=O) groups is 1. The molecule has 0 aliphatic heterocycles. The normalized spacial score (nSPS) is 13.8. The number of amides is 1. The summed E-state index contributed by atoms with van der Waals surface area (Å²) in [5, 5.41) is 16.3. The summed E-state index contributed by atoms with van der Waals surface area (Å²) in [4.78, 5) is 12.1. The number of nitrogens with zero attached hydrogens (tertiary/aromatic N) is 2. The summed E-state index contributed by atoms with van der Waals surface area (Å²) >= 11 is 0. The number of hydrogen-bond donors (Lipinski definition) is 2. The van der Waals surface area contributed by atoms with E-state index in [9.17, 15) is 9.90 Å². The molecule has 1 aromatic carbocycles. The van der Waals surface area contributed by atoms with E-state index in [1.807, 2.05) is 38.2 Å². The molecule has 1 amide bonds. The van der Waals surface area contributed by atoms with Gasteiger partial charge in [0.25, 0.3) is 5.91 Å². The lowest BCUT2D eigenvalue weighted by Gasteiger charge is -2.27. The van der Waals surface area contributed by atoms with Gasteiger partial charge in [-0.25, -0.2) is 4.68 Å². The van der Waals surface area contributed by atoms with Crippen LogP contribution in [0, 0.1) is 0 Å². The maximum atomic E-state index is 12.1. The summed E-state index contributed by atoms with van der Waals surface area (Å²) in [6, 6.07) is 9.02. The Morgan fingerprint density at radius 3 is 2.60 bits per heavy atom. The predicted octanol–water partition coefficient (Wildman–Crippen LogP) is 1.76. The Labute approximate surface area is 118 Å². The highest BCUT2D eigenvalue weighted by molar-refractivity contribution is 5.94. The number of hydrogen-bond acceptors (Lipinski definition) is 3. The van der Waals surface area contributed by atoms with Crippen molar-refractivity contribution in [2.75, 3.05) is 6.61 Å². The van der Waals surface area contributed by atoms with Crippen LogP contribution in [0.5, 0.6) is 0 Å². The first kappa shape index (κ1) is 14.3. The Morgan fingerprint density at radius 1 is 1.40 bits per heavy atom. The van der Waals surface area contributed by atoms with Gasteiger partial charge in [0.2, 0.25) is 0 Å². The van der Waals surface area contributed by atoms with Crippen molar-refractivity contribution < 1.29 is 9.90 Å². The first-order valence-corrected chi connectivity index (χ1v) is 6.61. The van der Waals surface area contributed by atoms with E-state index in [0.29, 0.717) is 12.0 Å². The quantitative estimate of drug-likeness (QED) is 0.872. The fraction of sp³-hybridized carbons (Fsp3) is 0.333. The topological polar surface area (TPSA) is 67.2 Å². The molecule has 106 valence electrons. The summed E-state index contributed by atoms with van der Waals surface area (Å²) in [6.07, 6.45) is 4.21. The maximum Gasteiger partial charge on any atom is 0.251 e.